The van der Waals surface area contributed by atoms with Gasteiger partial charge in [-0.25, -0.2) is 22.6 Å². The normalized spacial score (nSPS) is 12.5. The molecule has 0 saturated heterocycles. The minimum atomic E-state index is -4.99. The summed E-state index contributed by atoms with van der Waals surface area (Å²) in [5.41, 5.74) is 1.05. The van der Waals surface area contributed by atoms with Crippen LogP contribution in [0.15, 0.2) is 91.5 Å². The van der Waals surface area contributed by atoms with Crippen LogP contribution < -0.4 is 10.6 Å². The number of nitrogens with one attached hydrogen (secondary N) is 2. The van der Waals surface area contributed by atoms with E-state index < -0.39 is 52.0 Å². The largest absolute Gasteiger partial charge is 0.397 e. The smallest absolute Gasteiger partial charge is 0.369 e. The second-order valence-corrected chi connectivity index (χ2v) is 18.6. The van der Waals surface area contributed by atoms with Gasteiger partial charge in [-0.15, -0.1) is 21.6 Å². The molecule has 0 unspecified atom stereocenters. The van der Waals surface area contributed by atoms with E-state index in [1.54, 1.807) is 12.1 Å². The number of aryl methyl sites for hydroxylation is 1. The molecule has 0 atom stereocenters. The molecule has 5 N–H and O–H groups in total. The van der Waals surface area contributed by atoms with Crippen molar-refractivity contribution in [1.29, 1.82) is 5.26 Å². The zero-order chi connectivity index (χ0) is 41.9. The number of hydrogen-bond acceptors (Lipinski definition) is 17. The highest BCUT2D eigenvalue weighted by Gasteiger charge is 2.24. The fourth-order valence-corrected chi connectivity index (χ4v) is 9.30. The summed E-state index contributed by atoms with van der Waals surface area (Å²) >= 11 is 0.857. The van der Waals surface area contributed by atoms with E-state index in [2.05, 4.69) is 41.6 Å². The molecule has 24 heteroatoms. The standard InChI is InChI=1S/C33H31N7O12S5/c1-4-54(41,42)23-9-6-21(7-10-23)13-14-35-31-24(18-34)20(3)28(32(38-31)36-15-16-52-57(49,50)51)40-39-25-12-8-22(17-27(25)55(43,44)45)33-37-26-11-5-19(2)30(29(26)53-33)56(46,47)48/h4-12,17H,1,13-16H2,2-3H3,(H2,35,36,38)(H,43,44,45)(H,46,47,48)(H,49,50,51)/b40-39+. The molecule has 57 heavy (non-hydrogen) atoms. The van der Waals surface area contributed by atoms with Crippen LogP contribution in [0.4, 0.5) is 23.0 Å². The Balaban J connectivity index is 1.51. The molecule has 0 aliphatic carbocycles. The number of thiazole rings is 1. The molecular weight excluding hydrogens is 847 g/mol. The fourth-order valence-electron chi connectivity index (χ4n) is 5.34. The summed E-state index contributed by atoms with van der Waals surface area (Å²) in [6, 6.07) is 14.7. The number of anilines is 2. The molecule has 19 nitrogen and oxygen atoms in total. The van der Waals surface area contributed by atoms with Gasteiger partial charge in [0.15, 0.2) is 15.7 Å². The Morgan fingerprint density at radius 3 is 2.18 bits per heavy atom. The predicted molar refractivity (Wildman–Crippen MR) is 209 cm³/mol. The van der Waals surface area contributed by atoms with Gasteiger partial charge in [0.05, 0.1) is 27.3 Å². The molecule has 0 spiro atoms. The maximum Gasteiger partial charge on any atom is 0.397 e. The number of hydrogen-bond donors (Lipinski definition) is 5. The highest BCUT2D eigenvalue weighted by molar-refractivity contribution is 7.94. The number of nitrogens with zero attached hydrogens (tertiary/aromatic N) is 5. The van der Waals surface area contributed by atoms with Crippen molar-refractivity contribution in [2.45, 2.75) is 35.0 Å². The van der Waals surface area contributed by atoms with Crippen LogP contribution in [-0.4, -0.2) is 77.0 Å². The zero-order valence-electron chi connectivity index (χ0n) is 29.6. The number of rotatable bonds is 16. The van der Waals surface area contributed by atoms with Gasteiger partial charge < -0.3 is 10.6 Å². The lowest BCUT2D eigenvalue weighted by molar-refractivity contribution is 0.278. The summed E-state index contributed by atoms with van der Waals surface area (Å²) in [4.78, 5) is 7.79. The van der Waals surface area contributed by atoms with Crippen molar-refractivity contribution in [1.82, 2.24) is 9.97 Å². The van der Waals surface area contributed by atoms with Crippen LogP contribution in [0.25, 0.3) is 20.8 Å². The van der Waals surface area contributed by atoms with Crippen LogP contribution >= 0.6 is 11.3 Å². The minimum Gasteiger partial charge on any atom is -0.369 e. The highest BCUT2D eigenvalue weighted by atomic mass is 32.3. The molecular formula is C33H31N7O12S5. The van der Waals surface area contributed by atoms with Gasteiger partial charge in [-0.1, -0.05) is 24.8 Å². The van der Waals surface area contributed by atoms with Crippen LogP contribution in [0.1, 0.15) is 22.3 Å². The maximum atomic E-state index is 12.6. The average molecular weight is 878 g/mol. The number of aromatic nitrogens is 2. The van der Waals surface area contributed by atoms with Crippen molar-refractivity contribution in [2.24, 2.45) is 10.2 Å². The van der Waals surface area contributed by atoms with Crippen molar-refractivity contribution >= 4 is 85.0 Å². The van der Waals surface area contributed by atoms with Gasteiger partial charge in [0.25, 0.3) is 20.2 Å². The summed E-state index contributed by atoms with van der Waals surface area (Å²) in [5.74, 6) is -0.0238. The molecule has 0 aliphatic heterocycles. The lowest BCUT2D eigenvalue weighted by Crippen LogP contribution is -2.16. The number of sulfone groups is 1. The first kappa shape index (κ1) is 42.9. The minimum absolute atomic E-state index is 0.00297. The SMILES string of the molecule is C=CS(=O)(=O)c1ccc(CCNc2nc(NCCOS(=O)(=O)O)c(/N=N/c3ccc(-c4nc5ccc(C)c(S(=O)(=O)O)c5s4)cc3S(=O)(=O)O)c(C)c2C#N)cc1. The summed E-state index contributed by atoms with van der Waals surface area (Å²) in [6.07, 6.45) is 0.360. The van der Waals surface area contributed by atoms with Gasteiger partial charge in [0, 0.05) is 29.6 Å². The first-order valence-electron chi connectivity index (χ1n) is 16.0. The van der Waals surface area contributed by atoms with E-state index in [1.165, 1.54) is 50.2 Å². The van der Waals surface area contributed by atoms with E-state index in [-0.39, 0.29) is 83.4 Å². The molecule has 300 valence electrons. The molecule has 0 saturated carbocycles. The Hall–Kier alpha value is -5.23. The van der Waals surface area contributed by atoms with E-state index in [9.17, 15) is 48.0 Å². The second-order valence-electron chi connectivity index (χ2n) is 11.9. The molecule has 0 aliphatic rings. The van der Waals surface area contributed by atoms with Crippen molar-refractivity contribution < 1.29 is 51.5 Å². The number of pyridine rings is 1. The molecule has 3 aromatic carbocycles. The molecule has 0 radical (unpaired) electrons. The van der Waals surface area contributed by atoms with Crippen molar-refractivity contribution in [3.8, 4) is 16.6 Å². The summed E-state index contributed by atoms with van der Waals surface area (Å²) in [5, 5.41) is 25.1. The Labute approximate surface area is 331 Å². The molecule has 5 aromatic rings. The Bertz CT molecular complexity index is 2930. The van der Waals surface area contributed by atoms with E-state index in [4.69, 9.17) is 4.55 Å². The van der Waals surface area contributed by atoms with Gasteiger partial charge in [-0.05, 0) is 67.8 Å². The number of azo groups is 1. The van der Waals surface area contributed by atoms with Gasteiger partial charge >= 0.3 is 10.4 Å². The Kier molecular flexibility index (Phi) is 12.6. The first-order valence-corrected chi connectivity index (χ1v) is 22.7. The van der Waals surface area contributed by atoms with Gasteiger partial charge in [-0.2, -0.15) is 30.5 Å². The van der Waals surface area contributed by atoms with Crippen LogP contribution in [0, 0.1) is 25.2 Å². The third-order valence-electron chi connectivity index (χ3n) is 8.04. The summed E-state index contributed by atoms with van der Waals surface area (Å²) in [6.45, 7) is 5.64. The second kappa shape index (κ2) is 16.7. The molecule has 0 fully saturated rings. The molecule has 5 rings (SSSR count). The summed E-state index contributed by atoms with van der Waals surface area (Å²) in [7, 11) is -18.0. The van der Waals surface area contributed by atoms with Gasteiger partial charge in [0.1, 0.15) is 38.1 Å². The maximum absolute atomic E-state index is 12.6. The first-order chi connectivity index (χ1) is 26.6. The van der Waals surface area contributed by atoms with E-state index >= 15 is 0 Å². The van der Waals surface area contributed by atoms with Gasteiger partial charge in [-0.3, -0.25) is 13.7 Å². The lowest BCUT2D eigenvalue weighted by atomic mass is 10.1. The van der Waals surface area contributed by atoms with Crippen LogP contribution in [0.2, 0.25) is 0 Å². The number of nitriles is 1. The Morgan fingerprint density at radius 2 is 1.56 bits per heavy atom. The molecule has 0 bridgehead atoms. The highest BCUT2D eigenvalue weighted by Crippen LogP contribution is 2.39. The summed E-state index contributed by atoms with van der Waals surface area (Å²) < 4.78 is 129. The van der Waals surface area contributed by atoms with Crippen LogP contribution in [0.5, 0.6) is 0 Å². The van der Waals surface area contributed by atoms with E-state index in [1.807, 2.05) is 6.07 Å². The van der Waals surface area contributed by atoms with Crippen LogP contribution in [-0.2, 0) is 51.1 Å². The van der Waals surface area contributed by atoms with Crippen LogP contribution in [0.3, 0.4) is 0 Å². The quantitative estimate of drug-likeness (QED) is 0.0460. The van der Waals surface area contributed by atoms with Crippen molar-refractivity contribution in [3.05, 3.63) is 88.8 Å². The van der Waals surface area contributed by atoms with Gasteiger partial charge in [0.2, 0.25) is 0 Å². The molecule has 2 heterocycles. The van der Waals surface area contributed by atoms with E-state index in [0.717, 1.165) is 28.4 Å². The zero-order valence-corrected chi connectivity index (χ0v) is 33.7. The molecule has 0 amide bonds. The topological polar surface area (TPSA) is 305 Å². The van der Waals surface area contributed by atoms with Crippen molar-refractivity contribution in [3.63, 3.8) is 0 Å². The monoisotopic (exact) mass is 877 g/mol. The Morgan fingerprint density at radius 1 is 0.877 bits per heavy atom. The number of fused-ring (bicyclic) bond motifs is 1. The molecule has 2 aromatic heterocycles. The fraction of sp³-hybridized carbons (Fsp3) is 0.182. The van der Waals surface area contributed by atoms with Crippen molar-refractivity contribution in [2.75, 3.05) is 30.3 Å². The average Bonchev–Trinajstić information content (AvgIpc) is 3.56. The van der Waals surface area contributed by atoms with E-state index in [0.29, 0.717) is 6.42 Å². The lowest BCUT2D eigenvalue weighted by Gasteiger charge is -2.16. The third-order valence-corrected chi connectivity index (χ3v) is 13.1. The third kappa shape index (κ3) is 10.2. The number of benzene rings is 3. The predicted octanol–water partition coefficient (Wildman–Crippen LogP) is 5.56.